The van der Waals surface area contributed by atoms with Crippen molar-refractivity contribution in [2.75, 3.05) is 26.2 Å². The van der Waals surface area contributed by atoms with Crippen LogP contribution in [-0.2, 0) is 16.6 Å². The lowest BCUT2D eigenvalue weighted by Gasteiger charge is -2.33. The van der Waals surface area contributed by atoms with E-state index < -0.39 is 10.0 Å². The van der Waals surface area contributed by atoms with E-state index in [1.165, 1.54) is 0 Å². The van der Waals surface area contributed by atoms with Crippen molar-refractivity contribution in [3.05, 3.63) is 65.0 Å². The molecule has 2 aromatic carbocycles. The van der Waals surface area contributed by atoms with Crippen molar-refractivity contribution in [3.8, 4) is 11.4 Å². The normalized spacial score (nSPS) is 16.1. The van der Waals surface area contributed by atoms with Crippen molar-refractivity contribution in [3.63, 3.8) is 0 Å². The van der Waals surface area contributed by atoms with Crippen LogP contribution in [0.5, 0.6) is 0 Å². The van der Waals surface area contributed by atoms with E-state index in [4.69, 9.17) is 4.52 Å². The second kappa shape index (κ2) is 8.29. The fourth-order valence-electron chi connectivity index (χ4n) is 3.80. The van der Waals surface area contributed by atoms with Crippen molar-refractivity contribution in [1.29, 1.82) is 0 Å². The van der Waals surface area contributed by atoms with Gasteiger partial charge < -0.3 is 4.52 Å². The minimum atomic E-state index is -3.49. The van der Waals surface area contributed by atoms with E-state index in [1.54, 1.807) is 10.4 Å². The molecule has 1 aliphatic rings. The highest BCUT2D eigenvalue weighted by atomic mass is 32.2. The largest absolute Gasteiger partial charge is 0.338 e. The van der Waals surface area contributed by atoms with Crippen molar-refractivity contribution in [1.82, 2.24) is 19.3 Å². The predicted molar refractivity (Wildman–Crippen MR) is 114 cm³/mol. The number of hydrogen-bond acceptors (Lipinski definition) is 6. The molecule has 0 unspecified atom stereocenters. The topological polar surface area (TPSA) is 79.5 Å². The first-order valence-electron chi connectivity index (χ1n) is 10.0. The summed E-state index contributed by atoms with van der Waals surface area (Å²) in [6.07, 6.45) is 0. The molecule has 1 fully saturated rings. The molecular weight excluding hydrogens is 400 g/mol. The molecule has 1 saturated heterocycles. The number of benzene rings is 2. The van der Waals surface area contributed by atoms with Gasteiger partial charge in [-0.1, -0.05) is 47.1 Å². The van der Waals surface area contributed by atoms with Crippen molar-refractivity contribution >= 4 is 10.0 Å². The molecule has 0 N–H and O–H groups in total. The molecule has 0 radical (unpaired) electrons. The Morgan fingerprint density at radius 2 is 1.70 bits per heavy atom. The molecule has 4 rings (SSSR count). The lowest BCUT2D eigenvalue weighted by Crippen LogP contribution is -2.48. The lowest BCUT2D eigenvalue weighted by atomic mass is 10.1. The van der Waals surface area contributed by atoms with Crippen LogP contribution >= 0.6 is 0 Å². The van der Waals surface area contributed by atoms with Crippen molar-refractivity contribution in [2.45, 2.75) is 32.2 Å². The van der Waals surface area contributed by atoms with E-state index in [9.17, 15) is 8.42 Å². The Labute approximate surface area is 177 Å². The van der Waals surface area contributed by atoms with Crippen LogP contribution < -0.4 is 0 Å². The minimum Gasteiger partial charge on any atom is -0.338 e. The van der Waals surface area contributed by atoms with Gasteiger partial charge in [-0.3, -0.25) is 4.90 Å². The highest BCUT2D eigenvalue weighted by Gasteiger charge is 2.30. The van der Waals surface area contributed by atoms with Crippen molar-refractivity contribution in [2.24, 2.45) is 0 Å². The molecule has 1 aliphatic heterocycles. The maximum absolute atomic E-state index is 13.0. The van der Waals surface area contributed by atoms with Gasteiger partial charge in [0.15, 0.2) is 0 Å². The van der Waals surface area contributed by atoms with Crippen LogP contribution in [-0.4, -0.2) is 53.9 Å². The summed E-state index contributed by atoms with van der Waals surface area (Å²) in [5.74, 6) is 1.12. The van der Waals surface area contributed by atoms with Crippen LogP contribution in [0.2, 0.25) is 0 Å². The third kappa shape index (κ3) is 4.16. The highest BCUT2D eigenvalue weighted by Crippen LogP contribution is 2.23. The Hall–Kier alpha value is -2.55. The maximum atomic E-state index is 13.0. The van der Waals surface area contributed by atoms with Crippen LogP contribution in [0, 0.1) is 20.8 Å². The Kier molecular flexibility index (Phi) is 5.73. The van der Waals surface area contributed by atoms with E-state index in [2.05, 4.69) is 15.0 Å². The monoisotopic (exact) mass is 426 g/mol. The van der Waals surface area contributed by atoms with Crippen LogP contribution in [0.1, 0.15) is 22.6 Å². The number of sulfonamides is 1. The summed E-state index contributed by atoms with van der Waals surface area (Å²) < 4.78 is 33.1. The number of nitrogens with zero attached hydrogens (tertiary/aromatic N) is 4. The van der Waals surface area contributed by atoms with Crippen LogP contribution in [0.4, 0.5) is 0 Å². The first kappa shape index (κ1) is 20.7. The summed E-state index contributed by atoms with van der Waals surface area (Å²) in [6.45, 7) is 8.44. The van der Waals surface area contributed by atoms with E-state index in [0.717, 1.165) is 22.3 Å². The second-order valence-corrected chi connectivity index (χ2v) is 9.68. The fraction of sp³-hybridized carbons (Fsp3) is 0.364. The van der Waals surface area contributed by atoms with Gasteiger partial charge in [-0.15, -0.1) is 0 Å². The zero-order valence-corrected chi connectivity index (χ0v) is 18.3. The molecule has 2 heterocycles. The molecule has 158 valence electrons. The van der Waals surface area contributed by atoms with Gasteiger partial charge in [0.05, 0.1) is 11.4 Å². The van der Waals surface area contributed by atoms with Gasteiger partial charge in [0.25, 0.3) is 0 Å². The van der Waals surface area contributed by atoms with Gasteiger partial charge >= 0.3 is 0 Å². The zero-order valence-electron chi connectivity index (χ0n) is 17.5. The SMILES string of the molecule is Cc1ccc(S(=O)(=O)N2CCN(Cc3nc(-c4ccccc4C)no3)CC2)c(C)c1. The van der Waals surface area contributed by atoms with Gasteiger partial charge in [-0.25, -0.2) is 8.42 Å². The molecule has 0 amide bonds. The smallest absolute Gasteiger partial charge is 0.243 e. The summed E-state index contributed by atoms with van der Waals surface area (Å²) in [5, 5.41) is 4.10. The van der Waals surface area contributed by atoms with Gasteiger partial charge in [0.1, 0.15) is 0 Å². The maximum Gasteiger partial charge on any atom is 0.243 e. The van der Waals surface area contributed by atoms with Gasteiger partial charge in [-0.2, -0.15) is 9.29 Å². The molecule has 30 heavy (non-hydrogen) atoms. The molecule has 0 atom stereocenters. The molecule has 0 bridgehead atoms. The summed E-state index contributed by atoms with van der Waals surface area (Å²) in [4.78, 5) is 7.05. The third-order valence-electron chi connectivity index (χ3n) is 5.49. The Morgan fingerprint density at radius 1 is 0.967 bits per heavy atom. The zero-order chi connectivity index (χ0) is 21.3. The van der Waals surface area contributed by atoms with Gasteiger partial charge in [0.2, 0.25) is 21.7 Å². The average molecular weight is 427 g/mol. The Balaban J connectivity index is 1.40. The third-order valence-corrected chi connectivity index (χ3v) is 7.55. The summed E-state index contributed by atoms with van der Waals surface area (Å²) in [5.41, 5.74) is 3.89. The molecule has 8 heteroatoms. The highest BCUT2D eigenvalue weighted by molar-refractivity contribution is 7.89. The molecule has 0 spiro atoms. The van der Waals surface area contributed by atoms with E-state index >= 15 is 0 Å². The van der Waals surface area contributed by atoms with Gasteiger partial charge in [-0.05, 0) is 38.0 Å². The van der Waals surface area contributed by atoms with E-state index in [0.29, 0.717) is 49.3 Å². The fourth-order valence-corrected chi connectivity index (χ4v) is 5.43. The lowest BCUT2D eigenvalue weighted by molar-refractivity contribution is 0.163. The number of aromatic nitrogens is 2. The number of hydrogen-bond donors (Lipinski definition) is 0. The minimum absolute atomic E-state index is 0.390. The standard InChI is InChI=1S/C22H26N4O3S/c1-16-8-9-20(18(3)14-16)30(27,28)26-12-10-25(11-13-26)15-21-23-22(24-29-21)19-7-5-4-6-17(19)2/h4-9,14H,10-13,15H2,1-3H3. The van der Waals surface area contributed by atoms with Gasteiger partial charge in [0, 0.05) is 31.7 Å². The molecule has 0 aliphatic carbocycles. The van der Waals surface area contributed by atoms with Crippen LogP contribution in [0.3, 0.4) is 0 Å². The molecule has 3 aromatic rings. The summed E-state index contributed by atoms with van der Waals surface area (Å²) in [7, 11) is -3.49. The molecule has 0 saturated carbocycles. The summed E-state index contributed by atoms with van der Waals surface area (Å²) in [6, 6.07) is 13.4. The number of piperazine rings is 1. The first-order chi connectivity index (χ1) is 14.3. The molecule has 1 aromatic heterocycles. The Bertz CT molecular complexity index is 1150. The average Bonchev–Trinajstić information content (AvgIpc) is 3.16. The first-order valence-corrected chi connectivity index (χ1v) is 11.5. The van der Waals surface area contributed by atoms with Crippen LogP contribution in [0.15, 0.2) is 51.9 Å². The second-order valence-electron chi connectivity index (χ2n) is 7.78. The van der Waals surface area contributed by atoms with E-state index in [-0.39, 0.29) is 0 Å². The Morgan fingerprint density at radius 3 is 2.40 bits per heavy atom. The molecular formula is C22H26N4O3S. The van der Waals surface area contributed by atoms with Crippen molar-refractivity contribution < 1.29 is 12.9 Å². The van der Waals surface area contributed by atoms with E-state index in [1.807, 2.05) is 57.2 Å². The summed E-state index contributed by atoms with van der Waals surface area (Å²) >= 11 is 0. The predicted octanol–water partition coefficient (Wildman–Crippen LogP) is 3.17. The number of rotatable bonds is 5. The number of aryl methyl sites for hydroxylation is 3. The quantitative estimate of drug-likeness (QED) is 0.624. The van der Waals surface area contributed by atoms with Crippen LogP contribution in [0.25, 0.3) is 11.4 Å². The molecule has 7 nitrogen and oxygen atoms in total.